The first kappa shape index (κ1) is 11.5. The topological polar surface area (TPSA) is 42.9 Å². The van der Waals surface area contributed by atoms with Gasteiger partial charge in [-0.1, -0.05) is 18.2 Å². The van der Waals surface area contributed by atoms with Gasteiger partial charge in [-0.15, -0.1) is 0 Å². The molecule has 3 heteroatoms. The van der Waals surface area contributed by atoms with Gasteiger partial charge in [0.25, 0.3) is 0 Å². The van der Waals surface area contributed by atoms with Crippen LogP contribution in [0.2, 0.25) is 0 Å². The number of carbonyl (C=O) groups is 1. The molecule has 0 aliphatic heterocycles. The van der Waals surface area contributed by atoms with Gasteiger partial charge in [-0.3, -0.25) is 4.79 Å². The number of hydrogen-bond donors (Lipinski definition) is 0. The molecule has 0 atom stereocenters. The first-order chi connectivity index (χ1) is 8.08. The molecule has 86 valence electrons. The van der Waals surface area contributed by atoms with Crippen molar-refractivity contribution in [2.75, 3.05) is 0 Å². The van der Waals surface area contributed by atoms with E-state index in [1.165, 1.54) is 0 Å². The predicted molar refractivity (Wildman–Crippen MR) is 66.9 cm³/mol. The van der Waals surface area contributed by atoms with E-state index < -0.39 is 0 Å². The molecular weight excluding hydrogens is 212 g/mol. The van der Waals surface area contributed by atoms with Crippen LogP contribution < -0.4 is 0 Å². The van der Waals surface area contributed by atoms with E-state index in [4.69, 9.17) is 0 Å². The standard InChI is InChI=1S/C14H14N2O/c1-9-14(8-15-11(3)16-9)13-6-4-5-12(7-13)10(2)17/h4-8H,1-3H3. The fraction of sp³-hybridized carbons (Fsp3) is 0.214. The molecule has 1 heterocycles. The molecule has 0 N–H and O–H groups in total. The zero-order chi connectivity index (χ0) is 12.4. The van der Waals surface area contributed by atoms with Crippen molar-refractivity contribution in [3.8, 4) is 11.1 Å². The Hall–Kier alpha value is -2.03. The Kier molecular flexibility index (Phi) is 3.00. The summed E-state index contributed by atoms with van der Waals surface area (Å²) in [5.41, 5.74) is 3.59. The summed E-state index contributed by atoms with van der Waals surface area (Å²) in [5, 5.41) is 0. The third kappa shape index (κ3) is 2.38. The van der Waals surface area contributed by atoms with Crippen LogP contribution >= 0.6 is 0 Å². The number of ketones is 1. The average Bonchev–Trinajstić information content (AvgIpc) is 2.29. The van der Waals surface area contributed by atoms with Gasteiger partial charge in [0.05, 0.1) is 0 Å². The van der Waals surface area contributed by atoms with E-state index in [-0.39, 0.29) is 5.78 Å². The van der Waals surface area contributed by atoms with Gasteiger partial charge in [-0.25, -0.2) is 9.97 Å². The van der Waals surface area contributed by atoms with E-state index >= 15 is 0 Å². The molecule has 1 aromatic carbocycles. The zero-order valence-corrected chi connectivity index (χ0v) is 10.2. The summed E-state index contributed by atoms with van der Waals surface area (Å²) in [4.78, 5) is 19.9. The summed E-state index contributed by atoms with van der Waals surface area (Å²) in [7, 11) is 0. The molecule has 0 unspecified atom stereocenters. The molecule has 3 nitrogen and oxygen atoms in total. The third-order valence-corrected chi connectivity index (χ3v) is 2.68. The van der Waals surface area contributed by atoms with Gasteiger partial charge in [0.1, 0.15) is 5.82 Å². The lowest BCUT2D eigenvalue weighted by Gasteiger charge is -2.06. The number of nitrogens with zero attached hydrogens (tertiary/aromatic N) is 2. The van der Waals surface area contributed by atoms with E-state index in [0.717, 1.165) is 22.6 Å². The summed E-state index contributed by atoms with van der Waals surface area (Å²) >= 11 is 0. The fourth-order valence-electron chi connectivity index (χ4n) is 1.77. The van der Waals surface area contributed by atoms with Gasteiger partial charge >= 0.3 is 0 Å². The monoisotopic (exact) mass is 226 g/mol. The maximum absolute atomic E-state index is 11.3. The summed E-state index contributed by atoms with van der Waals surface area (Å²) in [6.07, 6.45) is 1.80. The van der Waals surface area contributed by atoms with Crippen LogP contribution in [0.1, 0.15) is 28.8 Å². The number of hydrogen-bond acceptors (Lipinski definition) is 3. The molecule has 0 aliphatic rings. The summed E-state index contributed by atoms with van der Waals surface area (Å²) in [6.45, 7) is 5.38. The molecule has 2 aromatic rings. The molecule has 0 radical (unpaired) electrons. The average molecular weight is 226 g/mol. The molecule has 0 fully saturated rings. The van der Waals surface area contributed by atoms with Crippen LogP contribution in [-0.2, 0) is 0 Å². The highest BCUT2D eigenvalue weighted by Gasteiger charge is 2.06. The minimum atomic E-state index is 0.0672. The van der Waals surface area contributed by atoms with Crippen LogP contribution in [0.15, 0.2) is 30.5 Å². The lowest BCUT2D eigenvalue weighted by atomic mass is 10.0. The van der Waals surface area contributed by atoms with Crippen molar-refractivity contribution in [1.82, 2.24) is 9.97 Å². The van der Waals surface area contributed by atoms with Crippen molar-refractivity contribution in [1.29, 1.82) is 0 Å². The Bertz CT molecular complexity index is 576. The van der Waals surface area contributed by atoms with Crippen molar-refractivity contribution in [2.45, 2.75) is 20.8 Å². The second-order valence-corrected chi connectivity index (χ2v) is 4.05. The highest BCUT2D eigenvalue weighted by atomic mass is 16.1. The summed E-state index contributed by atoms with van der Waals surface area (Å²) in [6, 6.07) is 7.54. The number of aromatic nitrogens is 2. The van der Waals surface area contributed by atoms with Crippen molar-refractivity contribution >= 4 is 5.78 Å². The first-order valence-electron chi connectivity index (χ1n) is 5.49. The minimum Gasteiger partial charge on any atom is -0.295 e. The van der Waals surface area contributed by atoms with Gasteiger partial charge in [0, 0.05) is 23.0 Å². The van der Waals surface area contributed by atoms with E-state index in [0.29, 0.717) is 5.56 Å². The van der Waals surface area contributed by atoms with Gasteiger partial charge < -0.3 is 0 Å². The summed E-state index contributed by atoms with van der Waals surface area (Å²) in [5.74, 6) is 0.825. The van der Waals surface area contributed by atoms with Crippen molar-refractivity contribution in [3.63, 3.8) is 0 Å². The number of Topliss-reactive ketones (excluding diaryl/α,β-unsaturated/α-hetero) is 1. The Labute approximate surface area is 101 Å². The van der Waals surface area contributed by atoms with Gasteiger partial charge in [0.2, 0.25) is 0 Å². The Morgan fingerprint density at radius 2 is 2.00 bits per heavy atom. The van der Waals surface area contributed by atoms with E-state index in [9.17, 15) is 4.79 Å². The molecule has 0 saturated heterocycles. The zero-order valence-electron chi connectivity index (χ0n) is 10.2. The third-order valence-electron chi connectivity index (χ3n) is 2.68. The lowest BCUT2D eigenvalue weighted by Crippen LogP contribution is -1.96. The van der Waals surface area contributed by atoms with E-state index in [2.05, 4.69) is 9.97 Å². The number of benzene rings is 1. The summed E-state index contributed by atoms with van der Waals surface area (Å²) < 4.78 is 0. The van der Waals surface area contributed by atoms with Gasteiger partial charge in [0.15, 0.2) is 5.78 Å². The molecular formula is C14H14N2O. The molecule has 2 rings (SSSR count). The van der Waals surface area contributed by atoms with Crippen molar-refractivity contribution in [2.24, 2.45) is 0 Å². The van der Waals surface area contributed by atoms with Crippen LogP contribution in [0.5, 0.6) is 0 Å². The van der Waals surface area contributed by atoms with Gasteiger partial charge in [-0.05, 0) is 32.4 Å². The normalized spacial score (nSPS) is 10.3. The van der Waals surface area contributed by atoms with Gasteiger partial charge in [-0.2, -0.15) is 0 Å². The Morgan fingerprint density at radius 1 is 1.24 bits per heavy atom. The van der Waals surface area contributed by atoms with Crippen molar-refractivity contribution in [3.05, 3.63) is 47.5 Å². The van der Waals surface area contributed by atoms with Crippen LogP contribution in [0, 0.1) is 13.8 Å². The molecule has 1 aromatic heterocycles. The molecule has 0 saturated carbocycles. The van der Waals surface area contributed by atoms with Crippen LogP contribution in [-0.4, -0.2) is 15.8 Å². The predicted octanol–water partition coefficient (Wildman–Crippen LogP) is 2.96. The molecule has 0 spiro atoms. The van der Waals surface area contributed by atoms with Crippen LogP contribution in [0.3, 0.4) is 0 Å². The molecule has 0 aliphatic carbocycles. The highest BCUT2D eigenvalue weighted by Crippen LogP contribution is 2.22. The lowest BCUT2D eigenvalue weighted by molar-refractivity contribution is 0.101. The number of carbonyl (C=O) groups excluding carboxylic acids is 1. The number of rotatable bonds is 2. The molecule has 0 bridgehead atoms. The second-order valence-electron chi connectivity index (χ2n) is 4.05. The highest BCUT2D eigenvalue weighted by molar-refractivity contribution is 5.95. The van der Waals surface area contributed by atoms with E-state index in [1.807, 2.05) is 38.1 Å². The molecule has 0 amide bonds. The Morgan fingerprint density at radius 3 is 2.65 bits per heavy atom. The van der Waals surface area contributed by atoms with Crippen LogP contribution in [0.25, 0.3) is 11.1 Å². The molecule has 17 heavy (non-hydrogen) atoms. The smallest absolute Gasteiger partial charge is 0.159 e. The maximum atomic E-state index is 11.3. The fourth-order valence-corrected chi connectivity index (χ4v) is 1.77. The quantitative estimate of drug-likeness (QED) is 0.739. The van der Waals surface area contributed by atoms with E-state index in [1.54, 1.807) is 13.1 Å². The number of aryl methyl sites for hydroxylation is 2. The first-order valence-corrected chi connectivity index (χ1v) is 5.49. The van der Waals surface area contributed by atoms with Crippen molar-refractivity contribution < 1.29 is 4.79 Å². The van der Waals surface area contributed by atoms with Crippen LogP contribution in [0.4, 0.5) is 0 Å². The Balaban J connectivity index is 2.53. The largest absolute Gasteiger partial charge is 0.295 e. The maximum Gasteiger partial charge on any atom is 0.159 e. The second kappa shape index (κ2) is 4.45. The minimum absolute atomic E-state index is 0.0672. The SMILES string of the molecule is CC(=O)c1cccc(-c2cnc(C)nc2C)c1.